The molecule has 1 fully saturated rings. The third kappa shape index (κ3) is 3.96. The van der Waals surface area contributed by atoms with Crippen LogP contribution in [0, 0.1) is 0 Å². The lowest BCUT2D eigenvalue weighted by atomic mass is 9.94. The van der Waals surface area contributed by atoms with Crippen LogP contribution in [-0.4, -0.2) is 34.3 Å². The summed E-state index contributed by atoms with van der Waals surface area (Å²) >= 11 is 0. The van der Waals surface area contributed by atoms with E-state index in [0.717, 1.165) is 25.7 Å². The summed E-state index contributed by atoms with van der Waals surface area (Å²) in [6.07, 6.45) is 6.30. The second-order valence-corrected chi connectivity index (χ2v) is 5.24. The highest BCUT2D eigenvalue weighted by Gasteiger charge is 2.27. The Balaban J connectivity index is 1.99. The minimum absolute atomic E-state index is 0.224. The van der Waals surface area contributed by atoms with E-state index in [-0.39, 0.29) is 5.95 Å². The van der Waals surface area contributed by atoms with Gasteiger partial charge in [-0.2, -0.15) is 9.97 Å². The Labute approximate surface area is 113 Å². The van der Waals surface area contributed by atoms with E-state index in [1.54, 1.807) is 13.1 Å². The number of hydrogen-bond acceptors (Lipinski definition) is 6. The molecule has 6 heteroatoms. The molecule has 0 radical (unpaired) electrons. The first-order valence-corrected chi connectivity index (χ1v) is 6.90. The van der Waals surface area contributed by atoms with Crippen molar-refractivity contribution in [2.45, 2.75) is 44.1 Å². The molecular weight excluding hydrogens is 242 g/mol. The van der Waals surface area contributed by atoms with Gasteiger partial charge in [0, 0.05) is 19.7 Å². The summed E-state index contributed by atoms with van der Waals surface area (Å²) in [5.41, 5.74) is 5.01. The van der Waals surface area contributed by atoms with Crippen molar-refractivity contribution in [1.82, 2.24) is 9.97 Å². The van der Waals surface area contributed by atoms with Crippen LogP contribution in [0.25, 0.3) is 0 Å². The zero-order chi connectivity index (χ0) is 13.7. The van der Waals surface area contributed by atoms with Gasteiger partial charge in [0.2, 0.25) is 5.95 Å². The summed E-state index contributed by atoms with van der Waals surface area (Å²) in [6, 6.07) is 1.79. The molecule has 0 aliphatic heterocycles. The first kappa shape index (κ1) is 13.9. The summed E-state index contributed by atoms with van der Waals surface area (Å²) in [5, 5.41) is 16.7. The number of rotatable bonds is 4. The molecule has 0 aromatic carbocycles. The lowest BCUT2D eigenvalue weighted by molar-refractivity contribution is 0.0380. The molecule has 0 atom stereocenters. The molecule has 1 aromatic heterocycles. The molecular formula is C13H23N5O. The number of hydrogen-bond donors (Lipinski definition) is 4. The smallest absolute Gasteiger partial charge is 0.223 e. The van der Waals surface area contributed by atoms with Crippen molar-refractivity contribution in [2.24, 2.45) is 0 Å². The van der Waals surface area contributed by atoms with Gasteiger partial charge in [0.15, 0.2) is 0 Å². The van der Waals surface area contributed by atoms with Crippen molar-refractivity contribution < 1.29 is 5.11 Å². The maximum Gasteiger partial charge on any atom is 0.223 e. The number of anilines is 3. The van der Waals surface area contributed by atoms with Crippen molar-refractivity contribution in [1.29, 1.82) is 0 Å². The number of nitrogen functional groups attached to an aromatic ring is 1. The summed E-state index contributed by atoms with van der Waals surface area (Å²) < 4.78 is 0. The summed E-state index contributed by atoms with van der Waals surface area (Å²) in [5.74, 6) is 1.54. The fourth-order valence-corrected chi connectivity index (χ4v) is 2.50. The van der Waals surface area contributed by atoms with Gasteiger partial charge in [-0.1, -0.05) is 25.7 Å². The molecule has 19 heavy (non-hydrogen) atoms. The van der Waals surface area contributed by atoms with Gasteiger partial charge in [-0.05, 0) is 12.8 Å². The van der Waals surface area contributed by atoms with E-state index in [9.17, 15) is 5.11 Å². The second-order valence-electron chi connectivity index (χ2n) is 5.24. The normalized spacial score (nSPS) is 18.6. The van der Waals surface area contributed by atoms with Gasteiger partial charge in [-0.3, -0.25) is 0 Å². The number of aromatic nitrogens is 2. The third-order valence-corrected chi connectivity index (χ3v) is 3.63. The van der Waals surface area contributed by atoms with Gasteiger partial charge in [-0.25, -0.2) is 0 Å². The topological polar surface area (TPSA) is 96.1 Å². The number of nitrogens with one attached hydrogen (secondary N) is 2. The lowest BCUT2D eigenvalue weighted by Gasteiger charge is -2.27. The molecule has 0 bridgehead atoms. The van der Waals surface area contributed by atoms with Crippen LogP contribution in [0.1, 0.15) is 38.5 Å². The molecule has 0 unspecified atom stereocenters. The Kier molecular flexibility index (Phi) is 4.42. The van der Waals surface area contributed by atoms with Crippen molar-refractivity contribution in [3.8, 4) is 0 Å². The minimum Gasteiger partial charge on any atom is -0.388 e. The Morgan fingerprint density at radius 3 is 2.47 bits per heavy atom. The molecule has 5 N–H and O–H groups in total. The van der Waals surface area contributed by atoms with Crippen LogP contribution in [0.2, 0.25) is 0 Å². The summed E-state index contributed by atoms with van der Waals surface area (Å²) in [4.78, 5) is 8.16. The zero-order valence-corrected chi connectivity index (χ0v) is 11.4. The van der Waals surface area contributed by atoms with E-state index in [1.807, 2.05) is 0 Å². The minimum atomic E-state index is -0.629. The van der Waals surface area contributed by atoms with Gasteiger partial charge >= 0.3 is 0 Å². The summed E-state index contributed by atoms with van der Waals surface area (Å²) in [7, 11) is 1.78. The Morgan fingerprint density at radius 2 is 1.84 bits per heavy atom. The van der Waals surface area contributed by atoms with E-state index in [0.29, 0.717) is 18.2 Å². The Morgan fingerprint density at radius 1 is 1.21 bits per heavy atom. The maximum atomic E-state index is 10.6. The average molecular weight is 265 g/mol. The van der Waals surface area contributed by atoms with E-state index in [4.69, 9.17) is 5.73 Å². The molecule has 1 heterocycles. The van der Waals surface area contributed by atoms with Crippen molar-refractivity contribution in [2.75, 3.05) is 30.0 Å². The van der Waals surface area contributed by atoms with E-state index >= 15 is 0 Å². The first-order chi connectivity index (χ1) is 9.11. The third-order valence-electron chi connectivity index (χ3n) is 3.63. The average Bonchev–Trinajstić information content (AvgIpc) is 2.61. The molecule has 106 valence electrons. The Bertz CT molecular complexity index is 415. The standard InChI is InChI=1S/C13H23N5O/c1-15-10-8-11(18-12(14)17-10)16-9-13(19)6-4-2-3-5-7-13/h8,19H,2-7,9H2,1H3,(H4,14,15,16,17,18). The van der Waals surface area contributed by atoms with E-state index in [1.165, 1.54) is 12.8 Å². The van der Waals surface area contributed by atoms with Gasteiger partial charge in [0.1, 0.15) is 11.6 Å². The monoisotopic (exact) mass is 265 g/mol. The van der Waals surface area contributed by atoms with Crippen molar-refractivity contribution >= 4 is 17.6 Å². The molecule has 1 aliphatic rings. The van der Waals surface area contributed by atoms with E-state index < -0.39 is 5.60 Å². The lowest BCUT2D eigenvalue weighted by Crippen LogP contribution is -2.36. The fraction of sp³-hybridized carbons (Fsp3) is 0.692. The van der Waals surface area contributed by atoms with Gasteiger partial charge < -0.3 is 21.5 Å². The second kappa shape index (κ2) is 6.06. The molecule has 1 aliphatic carbocycles. The quantitative estimate of drug-likeness (QED) is 0.618. The molecule has 6 nitrogen and oxygen atoms in total. The zero-order valence-electron chi connectivity index (χ0n) is 11.4. The molecule has 0 amide bonds. The van der Waals surface area contributed by atoms with Gasteiger partial charge in [0.25, 0.3) is 0 Å². The number of nitrogens with two attached hydrogens (primary N) is 1. The van der Waals surface area contributed by atoms with Crippen LogP contribution in [0.5, 0.6) is 0 Å². The summed E-state index contributed by atoms with van der Waals surface area (Å²) in [6.45, 7) is 0.507. The Hall–Kier alpha value is -1.56. The largest absolute Gasteiger partial charge is 0.388 e. The predicted molar refractivity (Wildman–Crippen MR) is 77.1 cm³/mol. The molecule has 0 saturated heterocycles. The highest BCUT2D eigenvalue weighted by atomic mass is 16.3. The molecule has 1 aromatic rings. The fourth-order valence-electron chi connectivity index (χ4n) is 2.50. The van der Waals surface area contributed by atoms with Gasteiger partial charge in [-0.15, -0.1) is 0 Å². The van der Waals surface area contributed by atoms with Crippen LogP contribution in [0.15, 0.2) is 6.07 Å². The van der Waals surface area contributed by atoms with Gasteiger partial charge in [0.05, 0.1) is 5.60 Å². The van der Waals surface area contributed by atoms with Crippen LogP contribution in [0.3, 0.4) is 0 Å². The van der Waals surface area contributed by atoms with Crippen LogP contribution >= 0.6 is 0 Å². The maximum absolute atomic E-state index is 10.6. The van der Waals surface area contributed by atoms with Crippen molar-refractivity contribution in [3.05, 3.63) is 6.07 Å². The van der Waals surface area contributed by atoms with Crippen molar-refractivity contribution in [3.63, 3.8) is 0 Å². The van der Waals surface area contributed by atoms with E-state index in [2.05, 4.69) is 20.6 Å². The van der Waals surface area contributed by atoms with Crippen LogP contribution in [-0.2, 0) is 0 Å². The number of nitrogens with zero attached hydrogens (tertiary/aromatic N) is 2. The molecule has 2 rings (SSSR count). The molecule has 0 spiro atoms. The SMILES string of the molecule is CNc1cc(NCC2(O)CCCCCC2)nc(N)n1. The number of aliphatic hydroxyl groups is 1. The molecule has 1 saturated carbocycles. The highest BCUT2D eigenvalue weighted by Crippen LogP contribution is 2.27. The van der Waals surface area contributed by atoms with Crippen LogP contribution in [0.4, 0.5) is 17.6 Å². The highest BCUT2D eigenvalue weighted by molar-refractivity contribution is 5.50. The van der Waals surface area contributed by atoms with Crippen LogP contribution < -0.4 is 16.4 Å². The first-order valence-electron chi connectivity index (χ1n) is 6.90. The predicted octanol–water partition coefficient (Wildman–Crippen LogP) is 1.60.